The first-order chi connectivity index (χ1) is 8.97. The predicted molar refractivity (Wildman–Crippen MR) is 81.8 cm³/mol. The van der Waals surface area contributed by atoms with Crippen molar-refractivity contribution >= 4 is 17.4 Å². The largest absolute Gasteiger partial charge is 0.359 e. The third-order valence-corrected chi connectivity index (χ3v) is 4.10. The van der Waals surface area contributed by atoms with Crippen molar-refractivity contribution in [3.63, 3.8) is 0 Å². The summed E-state index contributed by atoms with van der Waals surface area (Å²) >= 11 is 6.20. The van der Waals surface area contributed by atoms with Crippen molar-refractivity contribution in [1.82, 2.24) is 10.3 Å². The lowest BCUT2D eigenvalue weighted by Crippen LogP contribution is -2.25. The first-order valence-corrected chi connectivity index (χ1v) is 7.45. The quantitative estimate of drug-likeness (QED) is 0.867. The molecule has 3 nitrogen and oxygen atoms in total. The summed E-state index contributed by atoms with van der Waals surface area (Å²) in [4.78, 5) is 6.92. The molecule has 1 aromatic heterocycles. The standard InChI is InChI=1S/C15H24ClN3/c1-10(2)17-8-14-13(16)5-6-15(18-14)19(4)9-12-7-11(12)3/h5-6,10-12,17H,7-9H2,1-4H3. The highest BCUT2D eigenvalue weighted by Gasteiger charge is 2.33. The fraction of sp³-hybridized carbons (Fsp3) is 0.667. The molecule has 1 aliphatic rings. The van der Waals surface area contributed by atoms with Gasteiger partial charge in [-0.1, -0.05) is 32.4 Å². The van der Waals surface area contributed by atoms with Gasteiger partial charge < -0.3 is 10.2 Å². The summed E-state index contributed by atoms with van der Waals surface area (Å²) in [5.74, 6) is 2.72. The summed E-state index contributed by atoms with van der Waals surface area (Å²) in [5.41, 5.74) is 0.934. The number of hydrogen-bond acceptors (Lipinski definition) is 3. The van der Waals surface area contributed by atoms with Crippen LogP contribution in [0.1, 0.15) is 32.9 Å². The lowest BCUT2D eigenvalue weighted by Gasteiger charge is -2.19. The van der Waals surface area contributed by atoms with Gasteiger partial charge in [0.2, 0.25) is 0 Å². The van der Waals surface area contributed by atoms with E-state index in [0.29, 0.717) is 6.04 Å². The molecule has 1 N–H and O–H groups in total. The fourth-order valence-corrected chi connectivity index (χ4v) is 2.38. The molecule has 0 spiro atoms. The van der Waals surface area contributed by atoms with Gasteiger partial charge in [0.1, 0.15) is 5.82 Å². The number of nitrogens with one attached hydrogen (secondary N) is 1. The molecule has 106 valence electrons. The summed E-state index contributed by atoms with van der Waals surface area (Å²) in [7, 11) is 2.11. The topological polar surface area (TPSA) is 28.2 Å². The number of hydrogen-bond donors (Lipinski definition) is 1. The summed E-state index contributed by atoms with van der Waals surface area (Å²) in [5, 5.41) is 4.10. The molecule has 2 rings (SSSR count). The van der Waals surface area contributed by atoms with Gasteiger partial charge in [-0.25, -0.2) is 4.98 Å². The Morgan fingerprint density at radius 2 is 2.16 bits per heavy atom. The average Bonchev–Trinajstić information content (AvgIpc) is 3.03. The molecular formula is C15H24ClN3. The van der Waals surface area contributed by atoms with Crippen LogP contribution in [0.3, 0.4) is 0 Å². The Bertz CT molecular complexity index is 433. The Morgan fingerprint density at radius 3 is 2.74 bits per heavy atom. The molecule has 0 radical (unpaired) electrons. The molecule has 0 amide bonds. The zero-order chi connectivity index (χ0) is 14.0. The number of nitrogens with zero attached hydrogens (tertiary/aromatic N) is 2. The van der Waals surface area contributed by atoms with E-state index in [1.54, 1.807) is 0 Å². The van der Waals surface area contributed by atoms with Crippen molar-refractivity contribution in [3.05, 3.63) is 22.8 Å². The van der Waals surface area contributed by atoms with Gasteiger partial charge in [0.25, 0.3) is 0 Å². The first-order valence-electron chi connectivity index (χ1n) is 7.07. The Kier molecular flexibility index (Phi) is 4.69. The van der Waals surface area contributed by atoms with Crippen molar-refractivity contribution in [2.75, 3.05) is 18.5 Å². The number of anilines is 1. The van der Waals surface area contributed by atoms with E-state index in [4.69, 9.17) is 11.6 Å². The minimum Gasteiger partial charge on any atom is -0.359 e. The van der Waals surface area contributed by atoms with Crippen LogP contribution in [0.5, 0.6) is 0 Å². The molecule has 4 heteroatoms. The van der Waals surface area contributed by atoms with Gasteiger partial charge in [-0.05, 0) is 30.4 Å². The Labute approximate surface area is 121 Å². The van der Waals surface area contributed by atoms with Gasteiger partial charge in [-0.15, -0.1) is 0 Å². The van der Waals surface area contributed by atoms with Crippen molar-refractivity contribution < 1.29 is 0 Å². The van der Waals surface area contributed by atoms with Crippen LogP contribution in [0.4, 0.5) is 5.82 Å². The molecule has 2 atom stereocenters. The van der Waals surface area contributed by atoms with Crippen LogP contribution in [0.2, 0.25) is 5.02 Å². The van der Waals surface area contributed by atoms with E-state index in [2.05, 4.69) is 43.0 Å². The Hall–Kier alpha value is -0.800. The second-order valence-electron chi connectivity index (χ2n) is 5.99. The minimum atomic E-state index is 0.437. The van der Waals surface area contributed by atoms with E-state index in [1.165, 1.54) is 6.42 Å². The highest BCUT2D eigenvalue weighted by Crippen LogP contribution is 2.38. The highest BCUT2D eigenvalue weighted by atomic mass is 35.5. The maximum absolute atomic E-state index is 6.20. The Balaban J connectivity index is 2.02. The molecule has 1 aliphatic carbocycles. The second-order valence-corrected chi connectivity index (χ2v) is 6.39. The van der Waals surface area contributed by atoms with Crippen LogP contribution < -0.4 is 10.2 Å². The van der Waals surface area contributed by atoms with E-state index < -0.39 is 0 Å². The van der Waals surface area contributed by atoms with Gasteiger partial charge in [0.05, 0.1) is 10.7 Å². The third kappa shape index (κ3) is 4.08. The number of rotatable bonds is 6. The zero-order valence-electron chi connectivity index (χ0n) is 12.3. The number of halogens is 1. The first kappa shape index (κ1) is 14.6. The van der Waals surface area contributed by atoms with Crippen LogP contribution in [0.25, 0.3) is 0 Å². The zero-order valence-corrected chi connectivity index (χ0v) is 13.0. The lowest BCUT2D eigenvalue weighted by molar-refractivity contribution is 0.581. The van der Waals surface area contributed by atoms with Crippen molar-refractivity contribution in [3.8, 4) is 0 Å². The van der Waals surface area contributed by atoms with Crippen LogP contribution in [-0.2, 0) is 6.54 Å². The molecule has 0 bridgehead atoms. The SMILES string of the molecule is CC(C)NCc1nc(N(C)CC2CC2C)ccc1Cl. The molecule has 1 heterocycles. The number of pyridine rings is 1. The maximum Gasteiger partial charge on any atom is 0.128 e. The fourth-order valence-electron chi connectivity index (χ4n) is 2.21. The van der Waals surface area contributed by atoms with Gasteiger partial charge in [0.15, 0.2) is 0 Å². The van der Waals surface area contributed by atoms with Crippen molar-refractivity contribution in [2.24, 2.45) is 11.8 Å². The minimum absolute atomic E-state index is 0.437. The average molecular weight is 282 g/mol. The normalized spacial score (nSPS) is 21.8. The van der Waals surface area contributed by atoms with Gasteiger partial charge in [-0.2, -0.15) is 0 Å². The van der Waals surface area contributed by atoms with E-state index in [9.17, 15) is 0 Å². The summed E-state index contributed by atoms with van der Waals surface area (Å²) in [6.45, 7) is 8.37. The van der Waals surface area contributed by atoms with Crippen molar-refractivity contribution in [1.29, 1.82) is 0 Å². The molecular weight excluding hydrogens is 258 g/mol. The van der Waals surface area contributed by atoms with Crippen LogP contribution >= 0.6 is 11.6 Å². The highest BCUT2D eigenvalue weighted by molar-refractivity contribution is 6.31. The summed E-state index contributed by atoms with van der Waals surface area (Å²) in [6.07, 6.45) is 1.35. The maximum atomic E-state index is 6.20. The van der Waals surface area contributed by atoms with Gasteiger partial charge in [-0.3, -0.25) is 0 Å². The molecule has 1 aromatic rings. The molecule has 1 saturated carbocycles. The van der Waals surface area contributed by atoms with Gasteiger partial charge >= 0.3 is 0 Å². The van der Waals surface area contributed by atoms with Crippen LogP contribution in [-0.4, -0.2) is 24.6 Å². The van der Waals surface area contributed by atoms with Crippen molar-refractivity contribution in [2.45, 2.75) is 39.8 Å². The smallest absolute Gasteiger partial charge is 0.128 e. The predicted octanol–water partition coefficient (Wildman–Crippen LogP) is 3.33. The van der Waals surface area contributed by atoms with Gasteiger partial charge in [0, 0.05) is 26.2 Å². The van der Waals surface area contributed by atoms with E-state index in [0.717, 1.165) is 41.5 Å². The molecule has 0 aromatic carbocycles. The molecule has 1 fully saturated rings. The number of aromatic nitrogens is 1. The van der Waals surface area contributed by atoms with Crippen LogP contribution in [0.15, 0.2) is 12.1 Å². The molecule has 0 aliphatic heterocycles. The Morgan fingerprint density at radius 1 is 1.47 bits per heavy atom. The molecule has 19 heavy (non-hydrogen) atoms. The molecule has 0 saturated heterocycles. The second kappa shape index (κ2) is 6.10. The molecule has 2 unspecified atom stereocenters. The third-order valence-electron chi connectivity index (χ3n) is 3.76. The summed E-state index contributed by atoms with van der Waals surface area (Å²) in [6, 6.07) is 4.40. The summed E-state index contributed by atoms with van der Waals surface area (Å²) < 4.78 is 0. The van der Waals surface area contributed by atoms with E-state index in [-0.39, 0.29) is 0 Å². The van der Waals surface area contributed by atoms with E-state index >= 15 is 0 Å². The van der Waals surface area contributed by atoms with E-state index in [1.807, 2.05) is 12.1 Å². The monoisotopic (exact) mass is 281 g/mol. The lowest BCUT2D eigenvalue weighted by atomic mass is 10.3. The van der Waals surface area contributed by atoms with Crippen LogP contribution in [0, 0.1) is 11.8 Å².